The molecule has 2 amide bonds. The van der Waals surface area contributed by atoms with E-state index in [9.17, 15) is 9.59 Å². The number of anilines is 1. The SMILES string of the molecule is O=C1c2ccccc2C(=O)N1c1ccc2nc(SC(c3ccccc3)c3ccc(Cl)cc3)sc2c1. The van der Waals surface area contributed by atoms with Crippen LogP contribution in [0.15, 0.2) is 101 Å². The summed E-state index contributed by atoms with van der Waals surface area (Å²) in [5.41, 5.74) is 4.57. The van der Waals surface area contributed by atoms with E-state index in [-0.39, 0.29) is 17.1 Å². The fourth-order valence-corrected chi connectivity index (χ4v) is 6.75. The summed E-state index contributed by atoms with van der Waals surface area (Å²) in [4.78, 5) is 31.9. The molecular weight excluding hydrogens is 496 g/mol. The largest absolute Gasteiger partial charge is 0.268 e. The second kappa shape index (κ2) is 8.96. The van der Waals surface area contributed by atoms with Crippen LogP contribution in [0.2, 0.25) is 5.02 Å². The van der Waals surface area contributed by atoms with E-state index in [1.165, 1.54) is 10.5 Å². The van der Waals surface area contributed by atoms with E-state index < -0.39 is 0 Å². The van der Waals surface area contributed by atoms with E-state index in [2.05, 4.69) is 12.1 Å². The molecule has 4 aromatic carbocycles. The second-order valence-corrected chi connectivity index (χ2v) is 10.9. The van der Waals surface area contributed by atoms with Crippen molar-refractivity contribution in [1.82, 2.24) is 4.98 Å². The lowest BCUT2D eigenvalue weighted by atomic mass is 10.0. The minimum atomic E-state index is -0.295. The molecule has 6 rings (SSSR count). The quantitative estimate of drug-likeness (QED) is 0.179. The third-order valence-electron chi connectivity index (χ3n) is 5.90. The lowest BCUT2D eigenvalue weighted by Crippen LogP contribution is -2.29. The molecule has 1 aliphatic rings. The molecule has 0 aliphatic carbocycles. The summed E-state index contributed by atoms with van der Waals surface area (Å²) in [6.07, 6.45) is 0. The van der Waals surface area contributed by atoms with Gasteiger partial charge in [0.05, 0.1) is 32.3 Å². The number of thiazole rings is 1. The standard InChI is InChI=1S/C28H17ClN2O2S2/c29-19-12-10-18(11-13-19)25(17-6-2-1-3-7-17)35-28-30-23-15-14-20(16-24(23)34-28)31-26(32)21-8-4-5-9-22(21)27(31)33/h1-16,25H. The number of carbonyl (C=O) groups excluding carboxylic acids is 2. The van der Waals surface area contributed by atoms with Gasteiger partial charge in [0.15, 0.2) is 4.34 Å². The van der Waals surface area contributed by atoms with Crippen molar-refractivity contribution in [3.63, 3.8) is 0 Å². The van der Waals surface area contributed by atoms with Crippen molar-refractivity contribution in [2.24, 2.45) is 0 Å². The number of imide groups is 1. The number of fused-ring (bicyclic) bond motifs is 2. The normalized spacial score (nSPS) is 13.9. The highest BCUT2D eigenvalue weighted by atomic mass is 35.5. The molecule has 0 N–H and O–H groups in total. The number of amides is 2. The molecule has 0 fully saturated rings. The summed E-state index contributed by atoms with van der Waals surface area (Å²) >= 11 is 9.35. The maximum absolute atomic E-state index is 12.9. The first kappa shape index (κ1) is 22.0. The highest BCUT2D eigenvalue weighted by Crippen LogP contribution is 2.44. The fraction of sp³-hybridized carbons (Fsp3) is 0.0357. The Bertz CT molecular complexity index is 1550. The molecule has 7 heteroatoms. The van der Waals surface area contributed by atoms with Gasteiger partial charge >= 0.3 is 0 Å². The number of hydrogen-bond donors (Lipinski definition) is 0. The van der Waals surface area contributed by atoms with Crippen LogP contribution in [0.3, 0.4) is 0 Å². The third-order valence-corrected chi connectivity index (χ3v) is 8.57. The molecule has 5 aromatic rings. The van der Waals surface area contributed by atoms with Crippen molar-refractivity contribution in [3.8, 4) is 0 Å². The molecule has 1 aromatic heterocycles. The smallest absolute Gasteiger partial charge is 0.266 e. The van der Waals surface area contributed by atoms with Gasteiger partial charge in [0, 0.05) is 5.02 Å². The molecule has 35 heavy (non-hydrogen) atoms. The topological polar surface area (TPSA) is 50.3 Å². The van der Waals surface area contributed by atoms with Gasteiger partial charge in [-0.2, -0.15) is 0 Å². The number of nitrogens with zero attached hydrogens (tertiary/aromatic N) is 2. The van der Waals surface area contributed by atoms with Gasteiger partial charge in [-0.1, -0.05) is 78.0 Å². The Morgan fingerprint density at radius 3 is 2.09 bits per heavy atom. The van der Waals surface area contributed by atoms with Gasteiger partial charge in [0.2, 0.25) is 0 Å². The number of rotatable bonds is 5. The molecule has 4 nitrogen and oxygen atoms in total. The van der Waals surface area contributed by atoms with E-state index in [0.29, 0.717) is 21.8 Å². The van der Waals surface area contributed by atoms with Crippen molar-refractivity contribution in [1.29, 1.82) is 0 Å². The van der Waals surface area contributed by atoms with E-state index in [1.54, 1.807) is 53.4 Å². The first-order valence-electron chi connectivity index (χ1n) is 10.9. The molecule has 1 aliphatic heterocycles. The molecule has 0 bridgehead atoms. The zero-order valence-corrected chi connectivity index (χ0v) is 20.6. The zero-order chi connectivity index (χ0) is 23.9. The van der Waals surface area contributed by atoms with Gasteiger partial charge in [-0.3, -0.25) is 9.59 Å². The zero-order valence-electron chi connectivity index (χ0n) is 18.2. The molecule has 0 radical (unpaired) electrons. The highest BCUT2D eigenvalue weighted by molar-refractivity contribution is 8.01. The predicted molar refractivity (Wildman–Crippen MR) is 143 cm³/mol. The number of benzene rings is 4. The summed E-state index contributed by atoms with van der Waals surface area (Å²) in [6.45, 7) is 0. The van der Waals surface area contributed by atoms with Gasteiger partial charge in [0.25, 0.3) is 11.8 Å². The maximum atomic E-state index is 12.9. The lowest BCUT2D eigenvalue weighted by molar-refractivity contribution is 0.0926. The molecule has 1 atom stereocenters. The number of carbonyl (C=O) groups is 2. The van der Waals surface area contributed by atoms with Gasteiger partial charge < -0.3 is 0 Å². The monoisotopic (exact) mass is 512 g/mol. The number of hydrogen-bond acceptors (Lipinski definition) is 5. The first-order valence-corrected chi connectivity index (χ1v) is 13.0. The van der Waals surface area contributed by atoms with Crippen LogP contribution in [-0.2, 0) is 0 Å². The Kier molecular flexibility index (Phi) is 5.65. The second-order valence-electron chi connectivity index (χ2n) is 8.08. The van der Waals surface area contributed by atoms with Gasteiger partial charge in [0.1, 0.15) is 0 Å². The van der Waals surface area contributed by atoms with Crippen LogP contribution in [-0.4, -0.2) is 16.8 Å². The molecule has 0 saturated heterocycles. The summed E-state index contributed by atoms with van der Waals surface area (Å²) < 4.78 is 1.83. The maximum Gasteiger partial charge on any atom is 0.266 e. The van der Waals surface area contributed by atoms with Crippen molar-refractivity contribution >= 4 is 62.4 Å². The van der Waals surface area contributed by atoms with Gasteiger partial charge in [-0.15, -0.1) is 11.3 Å². The summed E-state index contributed by atoms with van der Waals surface area (Å²) in [5.74, 6) is -0.591. The average Bonchev–Trinajstić information content (AvgIpc) is 3.41. The number of halogens is 1. The van der Waals surface area contributed by atoms with Crippen molar-refractivity contribution in [2.75, 3.05) is 4.90 Å². The minimum absolute atomic E-state index is 0.0461. The van der Waals surface area contributed by atoms with Gasteiger partial charge in [-0.25, -0.2) is 9.88 Å². The molecule has 0 spiro atoms. The van der Waals surface area contributed by atoms with Crippen LogP contribution in [0.4, 0.5) is 5.69 Å². The van der Waals surface area contributed by atoms with Crippen molar-refractivity contribution in [2.45, 2.75) is 9.59 Å². The number of aromatic nitrogens is 1. The Balaban J connectivity index is 1.34. The van der Waals surface area contributed by atoms with Crippen LogP contribution < -0.4 is 4.90 Å². The van der Waals surface area contributed by atoms with Crippen LogP contribution in [0, 0.1) is 0 Å². The number of thioether (sulfide) groups is 1. The third kappa shape index (κ3) is 4.04. The summed E-state index contributed by atoms with van der Waals surface area (Å²) in [6, 6.07) is 30.6. The van der Waals surface area contributed by atoms with Crippen molar-refractivity contribution < 1.29 is 9.59 Å². The van der Waals surface area contributed by atoms with Crippen LogP contribution in [0.5, 0.6) is 0 Å². The summed E-state index contributed by atoms with van der Waals surface area (Å²) in [5, 5.41) is 0.746. The Labute approximate surface area is 215 Å². The Morgan fingerprint density at radius 2 is 1.40 bits per heavy atom. The fourth-order valence-electron chi connectivity index (χ4n) is 4.20. The molecule has 2 heterocycles. The molecule has 1 unspecified atom stereocenters. The highest BCUT2D eigenvalue weighted by Gasteiger charge is 2.36. The van der Waals surface area contributed by atoms with Crippen molar-refractivity contribution in [3.05, 3.63) is 124 Å². The van der Waals surface area contributed by atoms with E-state index in [4.69, 9.17) is 16.6 Å². The van der Waals surface area contributed by atoms with E-state index >= 15 is 0 Å². The minimum Gasteiger partial charge on any atom is -0.268 e. The van der Waals surface area contributed by atoms with Gasteiger partial charge in [-0.05, 0) is 53.6 Å². The van der Waals surface area contributed by atoms with Crippen LogP contribution in [0.1, 0.15) is 37.1 Å². The lowest BCUT2D eigenvalue weighted by Gasteiger charge is -2.16. The Morgan fingerprint density at radius 1 is 0.771 bits per heavy atom. The summed E-state index contributed by atoms with van der Waals surface area (Å²) in [7, 11) is 0. The molecular formula is C28H17ClN2O2S2. The van der Waals surface area contributed by atoms with E-state index in [0.717, 1.165) is 20.1 Å². The average molecular weight is 513 g/mol. The van der Waals surface area contributed by atoms with E-state index in [1.807, 2.05) is 54.6 Å². The molecule has 0 saturated carbocycles. The van der Waals surface area contributed by atoms with Crippen LogP contribution >= 0.6 is 34.7 Å². The Hall–Kier alpha value is -3.45. The first-order chi connectivity index (χ1) is 17.1. The predicted octanol–water partition coefficient (Wildman–Crippen LogP) is 7.63. The van der Waals surface area contributed by atoms with Crippen LogP contribution in [0.25, 0.3) is 10.2 Å². The molecule has 170 valence electrons.